The molecule has 1 rings (SSSR count). The molecule has 1 saturated heterocycles. The van der Waals surface area contributed by atoms with Crippen molar-refractivity contribution in [3.8, 4) is 0 Å². The summed E-state index contributed by atoms with van der Waals surface area (Å²) >= 11 is 0. The molecule has 1 aliphatic heterocycles. The molecule has 1 aliphatic rings. The van der Waals surface area contributed by atoms with Gasteiger partial charge in [0.05, 0.1) is 6.04 Å². The molecule has 1 heterocycles. The van der Waals surface area contributed by atoms with Crippen molar-refractivity contribution in [2.24, 2.45) is 11.8 Å². The lowest BCUT2D eigenvalue weighted by Gasteiger charge is -2.20. The van der Waals surface area contributed by atoms with E-state index in [4.69, 9.17) is 4.74 Å². The monoisotopic (exact) mass is 213 g/mol. The maximum Gasteiger partial charge on any atom is 0.416 e. The van der Waals surface area contributed by atoms with Crippen LogP contribution in [0.2, 0.25) is 0 Å². The van der Waals surface area contributed by atoms with Crippen LogP contribution >= 0.6 is 0 Å². The lowest BCUT2D eigenvalue weighted by Crippen LogP contribution is -2.38. The molecular formula is C11H19NO3. The zero-order chi connectivity index (χ0) is 11.6. The Morgan fingerprint density at radius 1 is 1.53 bits per heavy atom. The highest BCUT2D eigenvalue weighted by Crippen LogP contribution is 2.19. The van der Waals surface area contributed by atoms with Crippen LogP contribution < -0.4 is 0 Å². The summed E-state index contributed by atoms with van der Waals surface area (Å²) in [6, 6.07) is -0.121. The van der Waals surface area contributed by atoms with Crippen molar-refractivity contribution in [3.05, 3.63) is 0 Å². The summed E-state index contributed by atoms with van der Waals surface area (Å²) in [5.41, 5.74) is 0. The van der Waals surface area contributed by atoms with Crippen LogP contribution in [0, 0.1) is 11.8 Å². The first-order valence-corrected chi connectivity index (χ1v) is 5.42. The van der Waals surface area contributed by atoms with E-state index in [0.29, 0.717) is 18.9 Å². The van der Waals surface area contributed by atoms with Crippen LogP contribution in [0.1, 0.15) is 34.1 Å². The molecule has 0 aromatic rings. The predicted octanol–water partition coefficient (Wildman–Crippen LogP) is 2.04. The molecule has 2 amide bonds. The molecule has 0 aromatic carbocycles. The average Bonchev–Trinajstić information content (AvgIpc) is 2.45. The van der Waals surface area contributed by atoms with Gasteiger partial charge >= 0.3 is 6.09 Å². The minimum absolute atomic E-state index is 0.119. The molecule has 86 valence electrons. The maximum absolute atomic E-state index is 11.8. The lowest BCUT2D eigenvalue weighted by atomic mass is 9.94. The number of hydrogen-bond donors (Lipinski definition) is 0. The highest BCUT2D eigenvalue weighted by molar-refractivity contribution is 5.93. The molecule has 0 saturated carbocycles. The third-order valence-electron chi connectivity index (χ3n) is 2.99. The van der Waals surface area contributed by atoms with E-state index in [1.54, 1.807) is 0 Å². The first-order chi connectivity index (χ1) is 6.93. The SMILES string of the molecule is CC(C)[C@H](C)CC(=O)N1C(=O)OC[C@H]1C. The van der Waals surface area contributed by atoms with Crippen LogP contribution in [0.5, 0.6) is 0 Å². The molecule has 0 spiro atoms. The molecule has 0 bridgehead atoms. The molecule has 1 fully saturated rings. The number of cyclic esters (lactones) is 1. The number of nitrogens with zero attached hydrogens (tertiary/aromatic N) is 1. The predicted molar refractivity (Wildman–Crippen MR) is 56.3 cm³/mol. The fraction of sp³-hybridized carbons (Fsp3) is 0.818. The van der Waals surface area contributed by atoms with Crippen molar-refractivity contribution < 1.29 is 14.3 Å². The van der Waals surface area contributed by atoms with Crippen LogP contribution in [0.15, 0.2) is 0 Å². The van der Waals surface area contributed by atoms with Gasteiger partial charge in [-0.05, 0) is 18.8 Å². The van der Waals surface area contributed by atoms with E-state index in [-0.39, 0.29) is 17.9 Å². The van der Waals surface area contributed by atoms with E-state index in [9.17, 15) is 9.59 Å². The number of imide groups is 1. The molecule has 2 atom stereocenters. The van der Waals surface area contributed by atoms with Gasteiger partial charge in [-0.2, -0.15) is 0 Å². The number of carbonyl (C=O) groups is 2. The Morgan fingerprint density at radius 2 is 2.13 bits per heavy atom. The Kier molecular flexibility index (Phi) is 3.72. The number of ether oxygens (including phenoxy) is 1. The van der Waals surface area contributed by atoms with E-state index in [0.717, 1.165) is 0 Å². The van der Waals surface area contributed by atoms with E-state index < -0.39 is 6.09 Å². The van der Waals surface area contributed by atoms with Gasteiger partial charge in [0.2, 0.25) is 5.91 Å². The van der Waals surface area contributed by atoms with Crippen LogP contribution in [0.3, 0.4) is 0 Å². The third-order valence-corrected chi connectivity index (χ3v) is 2.99. The topological polar surface area (TPSA) is 46.6 Å². The summed E-state index contributed by atoms with van der Waals surface area (Å²) < 4.78 is 4.81. The summed E-state index contributed by atoms with van der Waals surface area (Å²) in [6.45, 7) is 8.31. The van der Waals surface area contributed by atoms with Crippen molar-refractivity contribution in [1.82, 2.24) is 4.90 Å². The third kappa shape index (κ3) is 2.70. The minimum atomic E-state index is -0.497. The Morgan fingerprint density at radius 3 is 2.53 bits per heavy atom. The van der Waals surface area contributed by atoms with Gasteiger partial charge in [0.1, 0.15) is 6.61 Å². The van der Waals surface area contributed by atoms with Crippen LogP contribution in [0.4, 0.5) is 4.79 Å². The highest BCUT2D eigenvalue weighted by atomic mass is 16.6. The molecule has 0 radical (unpaired) electrons. The van der Waals surface area contributed by atoms with Crippen molar-refractivity contribution in [3.63, 3.8) is 0 Å². The first kappa shape index (κ1) is 12.0. The fourth-order valence-corrected chi connectivity index (χ4v) is 1.47. The minimum Gasteiger partial charge on any atom is -0.447 e. The Labute approximate surface area is 90.6 Å². The van der Waals surface area contributed by atoms with Gasteiger partial charge < -0.3 is 4.74 Å². The van der Waals surface area contributed by atoms with Gasteiger partial charge in [0, 0.05) is 6.42 Å². The second-order valence-corrected chi connectivity index (χ2v) is 4.62. The molecular weight excluding hydrogens is 194 g/mol. The quantitative estimate of drug-likeness (QED) is 0.720. The number of amides is 2. The van der Waals surface area contributed by atoms with Gasteiger partial charge in [0.15, 0.2) is 0 Å². The van der Waals surface area contributed by atoms with Crippen molar-refractivity contribution in [2.75, 3.05) is 6.61 Å². The van der Waals surface area contributed by atoms with E-state index >= 15 is 0 Å². The molecule has 0 N–H and O–H groups in total. The van der Waals surface area contributed by atoms with Crippen molar-refractivity contribution in [1.29, 1.82) is 0 Å². The molecule has 0 aliphatic carbocycles. The first-order valence-electron chi connectivity index (χ1n) is 5.42. The van der Waals surface area contributed by atoms with E-state index in [2.05, 4.69) is 13.8 Å². The highest BCUT2D eigenvalue weighted by Gasteiger charge is 2.35. The van der Waals surface area contributed by atoms with Crippen LogP contribution in [0.25, 0.3) is 0 Å². The zero-order valence-electron chi connectivity index (χ0n) is 9.82. The Hall–Kier alpha value is -1.06. The van der Waals surface area contributed by atoms with Gasteiger partial charge in [-0.25, -0.2) is 9.69 Å². The van der Waals surface area contributed by atoms with Gasteiger partial charge in [-0.15, -0.1) is 0 Å². The number of carbonyl (C=O) groups excluding carboxylic acids is 2. The maximum atomic E-state index is 11.8. The smallest absolute Gasteiger partial charge is 0.416 e. The number of hydrogen-bond acceptors (Lipinski definition) is 3. The van der Waals surface area contributed by atoms with E-state index in [1.165, 1.54) is 4.90 Å². The molecule has 0 aromatic heterocycles. The second-order valence-electron chi connectivity index (χ2n) is 4.62. The Balaban J connectivity index is 2.57. The molecule has 0 unspecified atom stereocenters. The lowest BCUT2D eigenvalue weighted by molar-refractivity contribution is -0.130. The molecule has 4 heteroatoms. The van der Waals surface area contributed by atoms with Crippen molar-refractivity contribution in [2.45, 2.75) is 40.2 Å². The van der Waals surface area contributed by atoms with Gasteiger partial charge in [-0.3, -0.25) is 4.79 Å². The largest absolute Gasteiger partial charge is 0.447 e. The standard InChI is InChI=1S/C11H19NO3/c1-7(2)8(3)5-10(13)12-9(4)6-15-11(12)14/h7-9H,5-6H2,1-4H3/t8-,9-/m1/s1. The van der Waals surface area contributed by atoms with Crippen LogP contribution in [-0.4, -0.2) is 29.5 Å². The normalized spacial score (nSPS) is 23.1. The van der Waals surface area contributed by atoms with Gasteiger partial charge in [0.25, 0.3) is 0 Å². The van der Waals surface area contributed by atoms with Crippen molar-refractivity contribution >= 4 is 12.0 Å². The van der Waals surface area contributed by atoms with Crippen LogP contribution in [-0.2, 0) is 9.53 Å². The zero-order valence-corrected chi connectivity index (χ0v) is 9.82. The molecule has 4 nitrogen and oxygen atoms in total. The Bertz CT molecular complexity index is 263. The summed E-state index contributed by atoms with van der Waals surface area (Å²) in [5, 5.41) is 0. The van der Waals surface area contributed by atoms with Gasteiger partial charge in [-0.1, -0.05) is 20.8 Å². The summed E-state index contributed by atoms with van der Waals surface area (Å²) in [7, 11) is 0. The van der Waals surface area contributed by atoms with E-state index in [1.807, 2.05) is 13.8 Å². The summed E-state index contributed by atoms with van der Waals surface area (Å²) in [6.07, 6.45) is -0.0830. The second kappa shape index (κ2) is 4.64. The summed E-state index contributed by atoms with van der Waals surface area (Å²) in [4.78, 5) is 24.3. The molecule has 15 heavy (non-hydrogen) atoms. The average molecular weight is 213 g/mol. The number of rotatable bonds is 3. The summed E-state index contributed by atoms with van der Waals surface area (Å²) in [5.74, 6) is 0.618. The fourth-order valence-electron chi connectivity index (χ4n) is 1.47.